The first kappa shape index (κ1) is 15.3. The van der Waals surface area contributed by atoms with E-state index in [1.807, 2.05) is 54.6 Å². The summed E-state index contributed by atoms with van der Waals surface area (Å²) in [5, 5.41) is 12.8. The van der Waals surface area contributed by atoms with E-state index < -0.39 is 5.92 Å². The molecule has 3 aromatic carbocycles. The second-order valence-corrected chi connectivity index (χ2v) is 5.96. The highest BCUT2D eigenvalue weighted by Gasteiger charge is 2.32. The maximum atomic E-state index is 13.0. The van der Waals surface area contributed by atoms with Crippen LogP contribution in [-0.2, 0) is 11.3 Å². The molecule has 1 aliphatic heterocycles. The molecule has 0 aliphatic carbocycles. The Balaban J connectivity index is 1.65. The molecule has 25 heavy (non-hydrogen) atoms. The maximum Gasteiger partial charge on any atom is 0.232 e. The average molecular weight is 331 g/mol. The Morgan fingerprint density at radius 2 is 1.44 bits per heavy atom. The third-order valence-electron chi connectivity index (χ3n) is 4.39. The van der Waals surface area contributed by atoms with E-state index in [1.165, 1.54) is 0 Å². The molecule has 0 unspecified atom stereocenters. The lowest BCUT2D eigenvalue weighted by atomic mass is 9.87. The number of carbonyl (C=O) groups excluding carboxylic acids is 1. The van der Waals surface area contributed by atoms with Crippen LogP contribution >= 0.6 is 0 Å². The SMILES string of the molecule is O=C(NCc1ccccc1O)C1c2ccccc2Oc2ccccc21. The van der Waals surface area contributed by atoms with Crippen LogP contribution in [0, 0.1) is 0 Å². The van der Waals surface area contributed by atoms with Crippen LogP contribution in [0.1, 0.15) is 22.6 Å². The van der Waals surface area contributed by atoms with Crippen molar-refractivity contribution in [3.05, 3.63) is 89.5 Å². The highest BCUT2D eigenvalue weighted by molar-refractivity contribution is 5.89. The first-order valence-corrected chi connectivity index (χ1v) is 8.14. The Kier molecular flexibility index (Phi) is 3.86. The number of hydrogen-bond acceptors (Lipinski definition) is 3. The predicted molar refractivity (Wildman–Crippen MR) is 94.8 cm³/mol. The molecule has 3 aromatic rings. The normalized spacial score (nSPS) is 12.6. The van der Waals surface area contributed by atoms with E-state index in [-0.39, 0.29) is 18.2 Å². The van der Waals surface area contributed by atoms with Crippen molar-refractivity contribution >= 4 is 5.91 Å². The van der Waals surface area contributed by atoms with Gasteiger partial charge in [-0.15, -0.1) is 0 Å². The predicted octanol–water partition coefficient (Wildman–Crippen LogP) is 3.95. The Bertz CT molecular complexity index is 890. The summed E-state index contributed by atoms with van der Waals surface area (Å²) >= 11 is 0. The van der Waals surface area contributed by atoms with E-state index in [1.54, 1.807) is 18.2 Å². The number of hydrogen-bond donors (Lipinski definition) is 2. The zero-order valence-electron chi connectivity index (χ0n) is 13.5. The first-order chi connectivity index (χ1) is 12.2. The van der Waals surface area contributed by atoms with Gasteiger partial charge in [0.15, 0.2) is 0 Å². The number of carbonyl (C=O) groups is 1. The molecule has 1 aliphatic rings. The van der Waals surface area contributed by atoms with E-state index in [0.29, 0.717) is 17.1 Å². The molecule has 0 radical (unpaired) electrons. The number of rotatable bonds is 3. The van der Waals surface area contributed by atoms with E-state index in [0.717, 1.165) is 11.1 Å². The van der Waals surface area contributed by atoms with Crippen LogP contribution in [0.15, 0.2) is 72.8 Å². The van der Waals surface area contributed by atoms with Gasteiger partial charge < -0.3 is 15.2 Å². The molecular weight excluding hydrogens is 314 g/mol. The van der Waals surface area contributed by atoms with Gasteiger partial charge >= 0.3 is 0 Å². The monoisotopic (exact) mass is 331 g/mol. The zero-order valence-corrected chi connectivity index (χ0v) is 13.5. The van der Waals surface area contributed by atoms with Crippen LogP contribution < -0.4 is 10.1 Å². The first-order valence-electron chi connectivity index (χ1n) is 8.14. The van der Waals surface area contributed by atoms with Crippen LogP contribution in [0.4, 0.5) is 0 Å². The number of aromatic hydroxyl groups is 1. The van der Waals surface area contributed by atoms with E-state index >= 15 is 0 Å². The van der Waals surface area contributed by atoms with Crippen LogP contribution in [0.25, 0.3) is 0 Å². The lowest BCUT2D eigenvalue weighted by molar-refractivity contribution is -0.122. The summed E-state index contributed by atoms with van der Waals surface area (Å²) < 4.78 is 5.92. The molecular formula is C21H17NO3. The van der Waals surface area contributed by atoms with Gasteiger partial charge in [0.05, 0.1) is 5.92 Å². The van der Waals surface area contributed by atoms with E-state index in [9.17, 15) is 9.90 Å². The van der Waals surface area contributed by atoms with Crippen LogP contribution in [0.3, 0.4) is 0 Å². The second-order valence-electron chi connectivity index (χ2n) is 5.96. The molecule has 1 amide bonds. The molecule has 2 N–H and O–H groups in total. The molecule has 1 heterocycles. The van der Waals surface area contributed by atoms with Gasteiger partial charge in [0.1, 0.15) is 17.2 Å². The fourth-order valence-corrected chi connectivity index (χ4v) is 3.14. The highest BCUT2D eigenvalue weighted by Crippen LogP contribution is 2.43. The highest BCUT2D eigenvalue weighted by atomic mass is 16.5. The van der Waals surface area contributed by atoms with E-state index in [2.05, 4.69) is 5.32 Å². The van der Waals surface area contributed by atoms with Gasteiger partial charge in [0, 0.05) is 23.2 Å². The quantitative estimate of drug-likeness (QED) is 0.764. The average Bonchev–Trinajstić information content (AvgIpc) is 2.65. The maximum absolute atomic E-state index is 13.0. The Labute approximate surface area is 145 Å². The minimum absolute atomic E-state index is 0.119. The molecule has 0 bridgehead atoms. The van der Waals surface area contributed by atoms with Crippen molar-refractivity contribution in [1.29, 1.82) is 0 Å². The molecule has 0 fully saturated rings. The van der Waals surface area contributed by atoms with Gasteiger partial charge in [-0.25, -0.2) is 0 Å². The topological polar surface area (TPSA) is 58.6 Å². The second kappa shape index (κ2) is 6.32. The fraction of sp³-hybridized carbons (Fsp3) is 0.0952. The molecule has 0 saturated heterocycles. The summed E-state index contributed by atoms with van der Waals surface area (Å²) in [7, 11) is 0. The summed E-state index contributed by atoms with van der Waals surface area (Å²) in [5.41, 5.74) is 2.37. The van der Waals surface area contributed by atoms with Crippen molar-refractivity contribution in [3.8, 4) is 17.2 Å². The summed E-state index contributed by atoms with van der Waals surface area (Å²) in [6, 6.07) is 22.1. The smallest absolute Gasteiger partial charge is 0.232 e. The number of para-hydroxylation sites is 3. The lowest BCUT2D eigenvalue weighted by Gasteiger charge is -2.27. The number of ether oxygens (including phenoxy) is 1. The molecule has 0 atom stereocenters. The van der Waals surface area contributed by atoms with Crippen LogP contribution in [-0.4, -0.2) is 11.0 Å². The Morgan fingerprint density at radius 1 is 0.880 bits per heavy atom. The zero-order chi connectivity index (χ0) is 17.2. The molecule has 124 valence electrons. The number of nitrogens with one attached hydrogen (secondary N) is 1. The van der Waals surface area contributed by atoms with Crippen LogP contribution in [0.5, 0.6) is 17.2 Å². The number of phenolic OH excluding ortho intramolecular Hbond substituents is 1. The molecule has 0 spiro atoms. The van der Waals surface area contributed by atoms with Gasteiger partial charge in [0.25, 0.3) is 0 Å². The minimum Gasteiger partial charge on any atom is -0.508 e. The lowest BCUT2D eigenvalue weighted by Crippen LogP contribution is -2.31. The third-order valence-corrected chi connectivity index (χ3v) is 4.39. The number of amides is 1. The van der Waals surface area contributed by atoms with Gasteiger partial charge in [-0.3, -0.25) is 4.79 Å². The number of benzene rings is 3. The minimum atomic E-state index is -0.438. The van der Waals surface area contributed by atoms with Crippen molar-refractivity contribution in [2.24, 2.45) is 0 Å². The van der Waals surface area contributed by atoms with Gasteiger partial charge in [-0.05, 0) is 18.2 Å². The summed E-state index contributed by atoms with van der Waals surface area (Å²) in [6.07, 6.45) is 0. The van der Waals surface area contributed by atoms with Crippen LogP contribution in [0.2, 0.25) is 0 Å². The van der Waals surface area contributed by atoms with Crippen molar-refractivity contribution in [1.82, 2.24) is 5.32 Å². The third kappa shape index (κ3) is 2.83. The molecule has 4 heteroatoms. The van der Waals surface area contributed by atoms with Gasteiger partial charge in [-0.2, -0.15) is 0 Å². The Hall–Kier alpha value is -3.27. The summed E-state index contributed by atoms with van der Waals surface area (Å²) in [5.74, 6) is 1.02. The largest absolute Gasteiger partial charge is 0.508 e. The van der Waals surface area contributed by atoms with E-state index in [4.69, 9.17) is 4.74 Å². The van der Waals surface area contributed by atoms with Gasteiger partial charge in [-0.1, -0.05) is 54.6 Å². The molecule has 4 nitrogen and oxygen atoms in total. The fourth-order valence-electron chi connectivity index (χ4n) is 3.14. The van der Waals surface area contributed by atoms with Crippen molar-refractivity contribution in [2.75, 3.05) is 0 Å². The van der Waals surface area contributed by atoms with Crippen molar-refractivity contribution in [2.45, 2.75) is 12.5 Å². The van der Waals surface area contributed by atoms with Crippen molar-refractivity contribution < 1.29 is 14.6 Å². The standard InChI is InChI=1S/C21H17NO3/c23-17-10-4-1-7-14(17)13-22-21(24)20-15-8-2-5-11-18(15)25-19-12-6-3-9-16(19)20/h1-12,20,23H,13H2,(H,22,24). The molecule has 0 saturated carbocycles. The number of fused-ring (bicyclic) bond motifs is 2. The van der Waals surface area contributed by atoms with Gasteiger partial charge in [0.2, 0.25) is 5.91 Å². The number of phenols is 1. The summed E-state index contributed by atoms with van der Waals surface area (Å²) in [4.78, 5) is 13.0. The van der Waals surface area contributed by atoms with Crippen molar-refractivity contribution in [3.63, 3.8) is 0 Å². The molecule has 0 aromatic heterocycles. The Morgan fingerprint density at radius 3 is 2.08 bits per heavy atom. The molecule has 4 rings (SSSR count). The summed E-state index contributed by atoms with van der Waals surface area (Å²) in [6.45, 7) is 0.271.